The Hall–Kier alpha value is -3.15. The van der Waals surface area contributed by atoms with Gasteiger partial charge in [-0.1, -0.05) is 18.2 Å². The minimum Gasteiger partial charge on any atom is -0.321 e. The Bertz CT molecular complexity index is 868. The number of aromatic amines is 1. The largest absolute Gasteiger partial charge is 0.321 e. The first-order valence-corrected chi connectivity index (χ1v) is 7.15. The number of carbonyl (C=O) groups excluding carboxylic acids is 2. The van der Waals surface area contributed by atoms with E-state index in [9.17, 15) is 9.59 Å². The van der Waals surface area contributed by atoms with E-state index in [0.717, 1.165) is 16.6 Å². The third-order valence-electron chi connectivity index (χ3n) is 3.67. The lowest BCUT2D eigenvalue weighted by atomic mass is 10.2. The van der Waals surface area contributed by atoms with Crippen LogP contribution in [0.2, 0.25) is 0 Å². The Kier molecular flexibility index (Phi) is 3.80. The van der Waals surface area contributed by atoms with Crippen molar-refractivity contribution >= 4 is 34.1 Å². The van der Waals surface area contributed by atoms with E-state index in [1.54, 1.807) is 31.3 Å². The second-order valence-corrected chi connectivity index (χ2v) is 5.20. The number of nitrogens with zero attached hydrogens (tertiary/aromatic N) is 2. The molecule has 0 aliphatic rings. The summed E-state index contributed by atoms with van der Waals surface area (Å²) >= 11 is 0. The van der Waals surface area contributed by atoms with Crippen molar-refractivity contribution in [3.63, 3.8) is 0 Å². The van der Waals surface area contributed by atoms with Crippen LogP contribution in [0, 0.1) is 0 Å². The number of amides is 2. The van der Waals surface area contributed by atoms with Crippen molar-refractivity contribution < 1.29 is 9.59 Å². The maximum absolute atomic E-state index is 12.4. The minimum absolute atomic E-state index is 0.0511. The fraction of sp³-hybridized carbons (Fsp3) is 0.118. The lowest BCUT2D eigenvalue weighted by molar-refractivity contribution is -0.116. The van der Waals surface area contributed by atoms with Crippen LogP contribution in [-0.2, 0) is 4.79 Å². The molecule has 0 aliphatic carbocycles. The molecule has 1 heterocycles. The molecule has 6 nitrogen and oxygen atoms in total. The van der Waals surface area contributed by atoms with Crippen molar-refractivity contribution in [3.05, 3.63) is 54.2 Å². The summed E-state index contributed by atoms with van der Waals surface area (Å²) in [4.78, 5) is 25.2. The van der Waals surface area contributed by atoms with Gasteiger partial charge in [-0.25, -0.2) is 0 Å². The van der Waals surface area contributed by atoms with Gasteiger partial charge in [-0.3, -0.25) is 14.7 Å². The van der Waals surface area contributed by atoms with Crippen molar-refractivity contribution in [2.24, 2.45) is 0 Å². The number of aromatic nitrogens is 2. The predicted octanol–water partition coefficient (Wildman–Crippen LogP) is 2.80. The number of rotatable bonds is 3. The average Bonchev–Trinajstić information content (AvgIpc) is 2.99. The predicted molar refractivity (Wildman–Crippen MR) is 89.6 cm³/mol. The number of anilines is 2. The first-order chi connectivity index (χ1) is 11.1. The number of H-pyrrole nitrogens is 1. The summed E-state index contributed by atoms with van der Waals surface area (Å²) in [5, 5.41) is 10.5. The number of hydrogen-bond donors (Lipinski definition) is 2. The van der Waals surface area contributed by atoms with Gasteiger partial charge in [-0.2, -0.15) is 5.10 Å². The number of benzene rings is 2. The van der Waals surface area contributed by atoms with Crippen molar-refractivity contribution in [2.75, 3.05) is 17.3 Å². The normalized spacial score (nSPS) is 10.5. The Morgan fingerprint density at radius 2 is 1.78 bits per heavy atom. The van der Waals surface area contributed by atoms with Crippen LogP contribution in [0.5, 0.6) is 0 Å². The van der Waals surface area contributed by atoms with Crippen LogP contribution < -0.4 is 10.2 Å². The molecule has 116 valence electrons. The summed E-state index contributed by atoms with van der Waals surface area (Å²) in [6.07, 6.45) is 0. The first kappa shape index (κ1) is 14.8. The first-order valence-electron chi connectivity index (χ1n) is 7.15. The van der Waals surface area contributed by atoms with Crippen molar-refractivity contribution in [1.29, 1.82) is 0 Å². The van der Waals surface area contributed by atoms with Crippen LogP contribution >= 0.6 is 0 Å². The van der Waals surface area contributed by atoms with E-state index in [2.05, 4.69) is 15.5 Å². The molecule has 0 unspecified atom stereocenters. The summed E-state index contributed by atoms with van der Waals surface area (Å²) in [7, 11) is 1.70. The molecule has 6 heteroatoms. The molecule has 0 fully saturated rings. The SMILES string of the molecule is CC(=O)N(C)c1ccc(NC(=O)c2n[nH]c3ccccc23)cc1. The van der Waals surface area contributed by atoms with Crippen LogP contribution in [0.15, 0.2) is 48.5 Å². The number of carbonyl (C=O) groups is 2. The van der Waals surface area contributed by atoms with E-state index in [1.807, 2.05) is 24.3 Å². The van der Waals surface area contributed by atoms with Crippen LogP contribution in [-0.4, -0.2) is 29.1 Å². The zero-order valence-electron chi connectivity index (χ0n) is 12.8. The smallest absolute Gasteiger partial charge is 0.276 e. The summed E-state index contributed by atoms with van der Waals surface area (Å²) in [6, 6.07) is 14.5. The highest BCUT2D eigenvalue weighted by Crippen LogP contribution is 2.19. The zero-order valence-corrected chi connectivity index (χ0v) is 12.8. The molecule has 0 aliphatic heterocycles. The molecule has 3 aromatic rings. The summed E-state index contributed by atoms with van der Waals surface area (Å²) in [6.45, 7) is 1.50. The maximum Gasteiger partial charge on any atom is 0.276 e. The highest BCUT2D eigenvalue weighted by Gasteiger charge is 2.14. The van der Waals surface area contributed by atoms with Gasteiger partial charge < -0.3 is 10.2 Å². The topological polar surface area (TPSA) is 78.1 Å². The van der Waals surface area contributed by atoms with Crippen molar-refractivity contribution in [3.8, 4) is 0 Å². The van der Waals surface area contributed by atoms with E-state index < -0.39 is 0 Å². The Morgan fingerprint density at radius 1 is 1.09 bits per heavy atom. The van der Waals surface area contributed by atoms with Gasteiger partial charge in [0.25, 0.3) is 5.91 Å². The van der Waals surface area contributed by atoms with Crippen LogP contribution in [0.3, 0.4) is 0 Å². The standard InChI is InChI=1S/C17H16N4O2/c1-11(22)21(2)13-9-7-12(8-10-13)18-17(23)16-14-5-3-4-6-15(14)19-20-16/h3-10H,1-2H3,(H,18,23)(H,19,20). The van der Waals surface area contributed by atoms with Gasteiger partial charge >= 0.3 is 0 Å². The summed E-state index contributed by atoms with van der Waals surface area (Å²) in [5.41, 5.74) is 2.57. The molecule has 0 saturated heterocycles. The number of hydrogen-bond acceptors (Lipinski definition) is 3. The summed E-state index contributed by atoms with van der Waals surface area (Å²) < 4.78 is 0. The van der Waals surface area contributed by atoms with Gasteiger partial charge in [-0.05, 0) is 30.3 Å². The Morgan fingerprint density at radius 3 is 2.48 bits per heavy atom. The molecule has 2 aromatic carbocycles. The highest BCUT2D eigenvalue weighted by atomic mass is 16.2. The Balaban J connectivity index is 1.79. The molecule has 0 saturated carbocycles. The molecular formula is C17H16N4O2. The van der Waals surface area contributed by atoms with E-state index in [1.165, 1.54) is 11.8 Å². The highest BCUT2D eigenvalue weighted by molar-refractivity contribution is 6.11. The fourth-order valence-corrected chi connectivity index (χ4v) is 2.28. The van der Waals surface area contributed by atoms with Gasteiger partial charge in [0, 0.05) is 30.7 Å². The quantitative estimate of drug-likeness (QED) is 0.781. The maximum atomic E-state index is 12.4. The molecular weight excluding hydrogens is 292 g/mol. The van der Waals surface area contributed by atoms with Crippen LogP contribution in [0.1, 0.15) is 17.4 Å². The summed E-state index contributed by atoms with van der Waals surface area (Å²) in [5.74, 6) is -0.333. The lowest BCUT2D eigenvalue weighted by Gasteiger charge is -2.15. The van der Waals surface area contributed by atoms with Gasteiger partial charge in [0.2, 0.25) is 5.91 Å². The zero-order chi connectivity index (χ0) is 16.4. The second-order valence-electron chi connectivity index (χ2n) is 5.20. The molecule has 1 aromatic heterocycles. The molecule has 0 bridgehead atoms. The van der Waals surface area contributed by atoms with Gasteiger partial charge in [-0.15, -0.1) is 0 Å². The molecule has 3 rings (SSSR count). The number of para-hydroxylation sites is 1. The van der Waals surface area contributed by atoms with Gasteiger partial charge in [0.1, 0.15) is 0 Å². The average molecular weight is 308 g/mol. The van der Waals surface area contributed by atoms with E-state index in [-0.39, 0.29) is 11.8 Å². The molecule has 2 amide bonds. The molecule has 0 atom stereocenters. The molecule has 23 heavy (non-hydrogen) atoms. The third kappa shape index (κ3) is 2.91. The van der Waals surface area contributed by atoms with E-state index in [0.29, 0.717) is 11.4 Å². The minimum atomic E-state index is -0.282. The van der Waals surface area contributed by atoms with Crippen molar-refractivity contribution in [2.45, 2.75) is 6.92 Å². The molecule has 2 N–H and O–H groups in total. The molecule has 0 spiro atoms. The lowest BCUT2D eigenvalue weighted by Crippen LogP contribution is -2.22. The third-order valence-corrected chi connectivity index (χ3v) is 3.67. The van der Waals surface area contributed by atoms with Crippen LogP contribution in [0.25, 0.3) is 10.9 Å². The number of nitrogens with one attached hydrogen (secondary N) is 2. The monoisotopic (exact) mass is 308 g/mol. The fourth-order valence-electron chi connectivity index (χ4n) is 2.28. The van der Waals surface area contributed by atoms with Crippen molar-refractivity contribution in [1.82, 2.24) is 10.2 Å². The van der Waals surface area contributed by atoms with Crippen LogP contribution in [0.4, 0.5) is 11.4 Å². The van der Waals surface area contributed by atoms with Gasteiger partial charge in [0.15, 0.2) is 5.69 Å². The van der Waals surface area contributed by atoms with Gasteiger partial charge in [0.05, 0.1) is 5.52 Å². The van der Waals surface area contributed by atoms with E-state index in [4.69, 9.17) is 0 Å². The van der Waals surface area contributed by atoms with E-state index >= 15 is 0 Å². The number of fused-ring (bicyclic) bond motifs is 1. The Labute approximate surface area is 133 Å². The second kappa shape index (κ2) is 5.92. The molecule has 0 radical (unpaired) electrons.